The van der Waals surface area contributed by atoms with Crippen LogP contribution in [0.25, 0.3) is 0 Å². The number of aryl methyl sites for hydroxylation is 1. The highest BCUT2D eigenvalue weighted by Crippen LogP contribution is 2.23. The summed E-state index contributed by atoms with van der Waals surface area (Å²) in [4.78, 5) is 0.184. The molecule has 0 aliphatic heterocycles. The summed E-state index contributed by atoms with van der Waals surface area (Å²) in [6, 6.07) is 15.6. The Bertz CT molecular complexity index is 696. The zero-order chi connectivity index (χ0) is 15.5. The van der Waals surface area contributed by atoms with Gasteiger partial charge in [0.1, 0.15) is 0 Å². The molecule has 0 saturated carbocycles. The van der Waals surface area contributed by atoms with Crippen LogP contribution in [0.3, 0.4) is 0 Å². The molecule has 0 aromatic heterocycles. The van der Waals surface area contributed by atoms with E-state index in [0.717, 1.165) is 5.56 Å². The summed E-state index contributed by atoms with van der Waals surface area (Å²) in [7, 11) is -3.70. The second-order valence-electron chi connectivity index (χ2n) is 5.27. The molecular formula is C16H19NO3S. The smallest absolute Gasteiger partial charge is 0.241 e. The van der Waals surface area contributed by atoms with Crippen LogP contribution in [0.2, 0.25) is 0 Å². The van der Waals surface area contributed by atoms with Gasteiger partial charge in [0.15, 0.2) is 0 Å². The predicted octanol–water partition coefficient (Wildman–Crippen LogP) is 2.18. The molecule has 0 bridgehead atoms. The SMILES string of the molecule is Cc1ccc(S(=O)(=O)N[C@](C)(CO)c2ccccc2)cc1. The maximum Gasteiger partial charge on any atom is 0.241 e. The number of aliphatic hydroxyl groups is 1. The fourth-order valence-electron chi connectivity index (χ4n) is 2.06. The van der Waals surface area contributed by atoms with Crippen molar-refractivity contribution < 1.29 is 13.5 Å². The molecule has 1 atom stereocenters. The van der Waals surface area contributed by atoms with Crippen molar-refractivity contribution in [1.82, 2.24) is 4.72 Å². The van der Waals surface area contributed by atoms with E-state index in [9.17, 15) is 13.5 Å². The Morgan fingerprint density at radius 2 is 1.62 bits per heavy atom. The van der Waals surface area contributed by atoms with Gasteiger partial charge >= 0.3 is 0 Å². The summed E-state index contributed by atoms with van der Waals surface area (Å²) in [6.07, 6.45) is 0. The normalized spacial score (nSPS) is 14.6. The zero-order valence-corrected chi connectivity index (χ0v) is 12.9. The van der Waals surface area contributed by atoms with Crippen LogP contribution in [-0.4, -0.2) is 20.1 Å². The van der Waals surface area contributed by atoms with Crippen molar-refractivity contribution in [3.05, 3.63) is 65.7 Å². The highest BCUT2D eigenvalue weighted by atomic mass is 32.2. The average molecular weight is 305 g/mol. The summed E-state index contributed by atoms with van der Waals surface area (Å²) < 4.78 is 27.5. The van der Waals surface area contributed by atoms with E-state index >= 15 is 0 Å². The van der Waals surface area contributed by atoms with Gasteiger partial charge in [-0.1, -0.05) is 48.0 Å². The van der Waals surface area contributed by atoms with Gasteiger partial charge in [-0.15, -0.1) is 0 Å². The molecule has 21 heavy (non-hydrogen) atoms. The van der Waals surface area contributed by atoms with Crippen molar-refractivity contribution in [2.24, 2.45) is 0 Å². The van der Waals surface area contributed by atoms with Gasteiger partial charge in [-0.2, -0.15) is 4.72 Å². The fraction of sp³-hybridized carbons (Fsp3) is 0.250. The van der Waals surface area contributed by atoms with Crippen LogP contribution in [-0.2, 0) is 15.6 Å². The molecule has 2 rings (SSSR count). The second kappa shape index (κ2) is 5.97. The maximum atomic E-state index is 12.5. The van der Waals surface area contributed by atoms with E-state index in [2.05, 4.69) is 4.72 Å². The van der Waals surface area contributed by atoms with Crippen LogP contribution in [0.5, 0.6) is 0 Å². The molecule has 0 saturated heterocycles. The third-order valence-corrected chi connectivity index (χ3v) is 5.03. The highest BCUT2D eigenvalue weighted by Gasteiger charge is 2.31. The quantitative estimate of drug-likeness (QED) is 0.890. The molecule has 0 radical (unpaired) electrons. The predicted molar refractivity (Wildman–Crippen MR) is 82.4 cm³/mol. The standard InChI is InChI=1S/C16H19NO3S/c1-13-8-10-15(11-9-13)21(19,20)17-16(2,12-18)14-6-4-3-5-7-14/h3-11,17-18H,12H2,1-2H3/t16-/m1/s1. The minimum absolute atomic E-state index is 0.184. The second-order valence-corrected chi connectivity index (χ2v) is 6.96. The Hall–Kier alpha value is -1.69. The summed E-state index contributed by atoms with van der Waals surface area (Å²) in [6.45, 7) is 3.22. The minimum atomic E-state index is -3.70. The van der Waals surface area contributed by atoms with Crippen molar-refractivity contribution in [2.75, 3.05) is 6.61 Å². The number of benzene rings is 2. The molecule has 2 N–H and O–H groups in total. The lowest BCUT2D eigenvalue weighted by molar-refractivity contribution is 0.196. The van der Waals surface area contributed by atoms with Gasteiger partial charge < -0.3 is 5.11 Å². The van der Waals surface area contributed by atoms with E-state index in [1.54, 1.807) is 43.3 Å². The van der Waals surface area contributed by atoms with Crippen molar-refractivity contribution in [3.63, 3.8) is 0 Å². The first kappa shape index (κ1) is 15.7. The summed E-state index contributed by atoms with van der Waals surface area (Å²) in [5, 5.41) is 9.67. The Kier molecular flexibility index (Phi) is 4.46. The Morgan fingerprint density at radius 1 is 1.05 bits per heavy atom. The Labute approximate surface area is 125 Å². The molecule has 0 fully saturated rings. The summed E-state index contributed by atoms with van der Waals surface area (Å²) in [5.74, 6) is 0. The maximum absolute atomic E-state index is 12.5. The van der Waals surface area contributed by atoms with Crippen molar-refractivity contribution in [1.29, 1.82) is 0 Å². The molecule has 0 amide bonds. The van der Waals surface area contributed by atoms with Gasteiger partial charge in [0.2, 0.25) is 10.0 Å². The number of hydrogen-bond acceptors (Lipinski definition) is 3. The monoisotopic (exact) mass is 305 g/mol. The number of nitrogens with one attached hydrogen (secondary N) is 1. The van der Waals surface area contributed by atoms with Crippen molar-refractivity contribution in [2.45, 2.75) is 24.3 Å². The van der Waals surface area contributed by atoms with Crippen LogP contribution in [0, 0.1) is 6.92 Å². The van der Waals surface area contributed by atoms with E-state index in [-0.39, 0.29) is 11.5 Å². The first-order chi connectivity index (χ1) is 9.87. The van der Waals surface area contributed by atoms with Crippen LogP contribution >= 0.6 is 0 Å². The first-order valence-electron chi connectivity index (χ1n) is 6.64. The van der Waals surface area contributed by atoms with Gasteiger partial charge in [0, 0.05) is 0 Å². The van der Waals surface area contributed by atoms with Gasteiger partial charge in [-0.25, -0.2) is 8.42 Å². The highest BCUT2D eigenvalue weighted by molar-refractivity contribution is 7.89. The third kappa shape index (κ3) is 3.50. The fourth-order valence-corrected chi connectivity index (χ4v) is 3.45. The van der Waals surface area contributed by atoms with Gasteiger partial charge in [0.25, 0.3) is 0 Å². The van der Waals surface area contributed by atoms with E-state index in [0.29, 0.717) is 5.56 Å². The van der Waals surface area contributed by atoms with Gasteiger partial charge in [-0.05, 0) is 31.5 Å². The summed E-state index contributed by atoms with van der Waals surface area (Å²) >= 11 is 0. The van der Waals surface area contributed by atoms with Crippen LogP contribution < -0.4 is 4.72 Å². The molecule has 2 aromatic carbocycles. The first-order valence-corrected chi connectivity index (χ1v) is 8.13. The molecule has 5 heteroatoms. The number of hydrogen-bond donors (Lipinski definition) is 2. The lowest BCUT2D eigenvalue weighted by Gasteiger charge is -2.29. The molecule has 0 aliphatic carbocycles. The summed E-state index contributed by atoms with van der Waals surface area (Å²) in [5.41, 5.74) is 0.635. The minimum Gasteiger partial charge on any atom is -0.394 e. The van der Waals surface area contributed by atoms with E-state index in [1.807, 2.05) is 25.1 Å². The lowest BCUT2D eigenvalue weighted by atomic mass is 9.94. The topological polar surface area (TPSA) is 66.4 Å². The Balaban J connectivity index is 2.35. The average Bonchev–Trinajstić information content (AvgIpc) is 2.48. The number of aliphatic hydroxyl groups excluding tert-OH is 1. The molecule has 0 unspecified atom stereocenters. The molecular weight excluding hydrogens is 286 g/mol. The van der Waals surface area contributed by atoms with Crippen LogP contribution in [0.15, 0.2) is 59.5 Å². The molecule has 0 heterocycles. The number of rotatable bonds is 5. The molecule has 4 nitrogen and oxygen atoms in total. The van der Waals surface area contributed by atoms with E-state index in [4.69, 9.17) is 0 Å². The zero-order valence-electron chi connectivity index (χ0n) is 12.1. The van der Waals surface area contributed by atoms with Crippen LogP contribution in [0.4, 0.5) is 0 Å². The lowest BCUT2D eigenvalue weighted by Crippen LogP contribution is -2.46. The van der Waals surface area contributed by atoms with Crippen LogP contribution in [0.1, 0.15) is 18.1 Å². The Morgan fingerprint density at radius 3 is 2.14 bits per heavy atom. The largest absolute Gasteiger partial charge is 0.394 e. The van der Waals surface area contributed by atoms with E-state index < -0.39 is 15.6 Å². The third-order valence-electron chi connectivity index (χ3n) is 3.42. The molecule has 0 aliphatic rings. The molecule has 2 aromatic rings. The van der Waals surface area contributed by atoms with E-state index in [1.165, 1.54) is 0 Å². The van der Waals surface area contributed by atoms with Gasteiger partial charge in [-0.3, -0.25) is 0 Å². The molecule has 112 valence electrons. The number of sulfonamides is 1. The van der Waals surface area contributed by atoms with Gasteiger partial charge in [0.05, 0.1) is 17.0 Å². The van der Waals surface area contributed by atoms with Crippen molar-refractivity contribution >= 4 is 10.0 Å². The molecule has 0 spiro atoms. The van der Waals surface area contributed by atoms with Crippen molar-refractivity contribution in [3.8, 4) is 0 Å².